The summed E-state index contributed by atoms with van der Waals surface area (Å²) in [6, 6.07) is 9.06. The largest absolute Gasteiger partial charge is 0.388 e. The number of thiophene rings is 1. The number of rotatable bonds is 4. The lowest BCUT2D eigenvalue weighted by Crippen LogP contribution is -2.34. The molecule has 2 nitrogen and oxygen atoms in total. The first-order valence-electron chi connectivity index (χ1n) is 7.39. The van der Waals surface area contributed by atoms with Crippen LogP contribution in [0, 0.1) is 5.82 Å². The SMILES string of the molecule is CC1c2ccsc2CCN1CCC(O)c1ccccc1F. The van der Waals surface area contributed by atoms with Gasteiger partial charge >= 0.3 is 0 Å². The summed E-state index contributed by atoms with van der Waals surface area (Å²) in [4.78, 5) is 3.85. The molecule has 0 radical (unpaired) electrons. The fourth-order valence-corrected chi connectivity index (χ4v) is 4.02. The van der Waals surface area contributed by atoms with Crippen molar-refractivity contribution in [2.24, 2.45) is 0 Å². The lowest BCUT2D eigenvalue weighted by Gasteiger charge is -2.34. The van der Waals surface area contributed by atoms with Crippen molar-refractivity contribution in [3.05, 3.63) is 57.5 Å². The molecule has 1 aromatic heterocycles. The fraction of sp³-hybridized carbons (Fsp3) is 0.412. The van der Waals surface area contributed by atoms with E-state index in [0.717, 1.165) is 19.5 Å². The number of aliphatic hydroxyl groups is 1. The number of nitrogens with zero attached hydrogens (tertiary/aromatic N) is 1. The highest BCUT2D eigenvalue weighted by molar-refractivity contribution is 7.10. The average molecular weight is 305 g/mol. The van der Waals surface area contributed by atoms with Crippen LogP contribution in [0.15, 0.2) is 35.7 Å². The average Bonchev–Trinajstić information content (AvgIpc) is 2.96. The number of fused-ring (bicyclic) bond motifs is 1. The lowest BCUT2D eigenvalue weighted by molar-refractivity contribution is 0.121. The van der Waals surface area contributed by atoms with Crippen LogP contribution in [-0.2, 0) is 6.42 Å². The van der Waals surface area contributed by atoms with Crippen LogP contribution in [-0.4, -0.2) is 23.1 Å². The van der Waals surface area contributed by atoms with Gasteiger partial charge in [0.25, 0.3) is 0 Å². The van der Waals surface area contributed by atoms with Crippen molar-refractivity contribution < 1.29 is 9.50 Å². The van der Waals surface area contributed by atoms with Crippen LogP contribution in [0.2, 0.25) is 0 Å². The molecule has 112 valence electrons. The molecular weight excluding hydrogens is 285 g/mol. The molecule has 0 fully saturated rings. The van der Waals surface area contributed by atoms with E-state index in [0.29, 0.717) is 18.0 Å². The third-order valence-electron chi connectivity index (χ3n) is 4.36. The molecule has 2 unspecified atom stereocenters. The van der Waals surface area contributed by atoms with Crippen molar-refractivity contribution in [2.75, 3.05) is 13.1 Å². The highest BCUT2D eigenvalue weighted by Crippen LogP contribution is 2.33. The van der Waals surface area contributed by atoms with Gasteiger partial charge in [0.2, 0.25) is 0 Å². The summed E-state index contributed by atoms with van der Waals surface area (Å²) < 4.78 is 13.7. The fourth-order valence-electron chi connectivity index (χ4n) is 3.06. The molecule has 0 saturated carbocycles. The second-order valence-corrected chi connectivity index (χ2v) is 6.59. The van der Waals surface area contributed by atoms with Crippen LogP contribution in [0.5, 0.6) is 0 Å². The van der Waals surface area contributed by atoms with Crippen LogP contribution >= 0.6 is 11.3 Å². The third kappa shape index (κ3) is 3.03. The first kappa shape index (κ1) is 14.7. The molecule has 2 atom stereocenters. The summed E-state index contributed by atoms with van der Waals surface area (Å²) >= 11 is 1.83. The molecule has 2 aromatic rings. The Morgan fingerprint density at radius 3 is 3.00 bits per heavy atom. The number of halogens is 1. The maximum Gasteiger partial charge on any atom is 0.128 e. The normalized spacial score (nSPS) is 20.2. The molecular formula is C17H20FNOS. The van der Waals surface area contributed by atoms with Gasteiger partial charge in [0.05, 0.1) is 6.10 Å². The Morgan fingerprint density at radius 2 is 2.19 bits per heavy atom. The minimum atomic E-state index is -0.734. The molecule has 1 aromatic carbocycles. The quantitative estimate of drug-likeness (QED) is 0.925. The Balaban J connectivity index is 1.62. The summed E-state index contributed by atoms with van der Waals surface area (Å²) in [6.45, 7) is 4.00. The molecule has 1 aliphatic heterocycles. The van der Waals surface area contributed by atoms with E-state index in [1.165, 1.54) is 16.5 Å². The van der Waals surface area contributed by atoms with E-state index in [1.54, 1.807) is 18.2 Å². The Hall–Kier alpha value is -1.23. The monoisotopic (exact) mass is 305 g/mol. The summed E-state index contributed by atoms with van der Waals surface area (Å²) in [7, 11) is 0. The van der Waals surface area contributed by atoms with Gasteiger partial charge in [-0.2, -0.15) is 0 Å². The third-order valence-corrected chi connectivity index (χ3v) is 5.35. The highest BCUT2D eigenvalue weighted by atomic mass is 32.1. The predicted octanol–water partition coefficient (Wildman–Crippen LogP) is 3.93. The molecule has 0 bridgehead atoms. The van der Waals surface area contributed by atoms with E-state index in [9.17, 15) is 9.50 Å². The molecule has 2 heterocycles. The van der Waals surface area contributed by atoms with E-state index < -0.39 is 6.10 Å². The smallest absolute Gasteiger partial charge is 0.128 e. The molecule has 3 rings (SSSR count). The Kier molecular flexibility index (Phi) is 4.38. The van der Waals surface area contributed by atoms with Gasteiger partial charge < -0.3 is 5.11 Å². The van der Waals surface area contributed by atoms with Crippen molar-refractivity contribution in [2.45, 2.75) is 31.9 Å². The topological polar surface area (TPSA) is 23.5 Å². The highest BCUT2D eigenvalue weighted by Gasteiger charge is 2.25. The first-order valence-corrected chi connectivity index (χ1v) is 8.27. The maximum absolute atomic E-state index is 13.7. The van der Waals surface area contributed by atoms with Crippen LogP contribution in [0.1, 0.15) is 41.5 Å². The summed E-state index contributed by atoms with van der Waals surface area (Å²) in [5.41, 5.74) is 1.81. The molecule has 0 amide bonds. The number of hydrogen-bond donors (Lipinski definition) is 1. The van der Waals surface area contributed by atoms with Crippen molar-refractivity contribution >= 4 is 11.3 Å². The molecule has 0 spiro atoms. The van der Waals surface area contributed by atoms with Gasteiger partial charge in [-0.25, -0.2) is 4.39 Å². The second-order valence-electron chi connectivity index (χ2n) is 5.59. The molecule has 21 heavy (non-hydrogen) atoms. The van der Waals surface area contributed by atoms with Crippen molar-refractivity contribution in [1.29, 1.82) is 0 Å². The van der Waals surface area contributed by atoms with Gasteiger partial charge in [-0.15, -0.1) is 11.3 Å². The van der Waals surface area contributed by atoms with Crippen LogP contribution in [0.4, 0.5) is 4.39 Å². The molecule has 1 aliphatic rings. The zero-order valence-electron chi connectivity index (χ0n) is 12.1. The van der Waals surface area contributed by atoms with Crippen molar-refractivity contribution in [3.8, 4) is 0 Å². The van der Waals surface area contributed by atoms with Crippen LogP contribution < -0.4 is 0 Å². The Labute approximate surface area is 128 Å². The van der Waals surface area contributed by atoms with E-state index in [1.807, 2.05) is 11.3 Å². The minimum Gasteiger partial charge on any atom is -0.388 e. The molecule has 0 saturated heterocycles. The number of hydrogen-bond acceptors (Lipinski definition) is 3. The standard InChI is InChI=1S/C17H20FNOS/c1-12-13-8-11-21-17(13)7-10-19(12)9-6-16(20)14-4-2-3-5-15(14)18/h2-5,8,11-12,16,20H,6-7,9-10H2,1H3. The summed E-state index contributed by atoms with van der Waals surface area (Å²) in [6.07, 6.45) is 0.903. The van der Waals surface area contributed by atoms with Crippen molar-refractivity contribution in [1.82, 2.24) is 4.90 Å². The van der Waals surface area contributed by atoms with Gasteiger partial charge in [-0.1, -0.05) is 18.2 Å². The van der Waals surface area contributed by atoms with Gasteiger partial charge in [0.15, 0.2) is 0 Å². The van der Waals surface area contributed by atoms with E-state index in [2.05, 4.69) is 23.3 Å². The Morgan fingerprint density at radius 1 is 1.38 bits per heavy atom. The van der Waals surface area contributed by atoms with Crippen molar-refractivity contribution in [3.63, 3.8) is 0 Å². The van der Waals surface area contributed by atoms with Crippen LogP contribution in [0.25, 0.3) is 0 Å². The van der Waals surface area contributed by atoms with E-state index in [4.69, 9.17) is 0 Å². The van der Waals surface area contributed by atoms with Gasteiger partial charge in [-0.3, -0.25) is 4.90 Å². The molecule has 1 N–H and O–H groups in total. The maximum atomic E-state index is 13.7. The zero-order chi connectivity index (χ0) is 14.8. The van der Waals surface area contributed by atoms with Gasteiger partial charge in [0.1, 0.15) is 5.82 Å². The van der Waals surface area contributed by atoms with Crippen LogP contribution in [0.3, 0.4) is 0 Å². The summed E-state index contributed by atoms with van der Waals surface area (Å²) in [5, 5.41) is 12.4. The number of aliphatic hydroxyl groups excluding tert-OH is 1. The zero-order valence-corrected chi connectivity index (χ0v) is 12.9. The predicted molar refractivity (Wildman–Crippen MR) is 84.0 cm³/mol. The molecule has 4 heteroatoms. The Bertz CT molecular complexity index is 612. The van der Waals surface area contributed by atoms with E-state index in [-0.39, 0.29) is 5.82 Å². The number of benzene rings is 1. The summed E-state index contributed by atoms with van der Waals surface area (Å²) in [5.74, 6) is -0.322. The second kappa shape index (κ2) is 6.26. The lowest BCUT2D eigenvalue weighted by atomic mass is 10.00. The molecule has 0 aliphatic carbocycles. The van der Waals surface area contributed by atoms with Gasteiger partial charge in [-0.05, 0) is 42.8 Å². The van der Waals surface area contributed by atoms with E-state index >= 15 is 0 Å². The first-order chi connectivity index (χ1) is 10.2. The minimum absolute atomic E-state index is 0.322. The van der Waals surface area contributed by atoms with Gasteiger partial charge in [0, 0.05) is 29.6 Å².